The van der Waals surface area contributed by atoms with Crippen LogP contribution in [0.1, 0.15) is 29.7 Å². The summed E-state index contributed by atoms with van der Waals surface area (Å²) in [5.74, 6) is 0.582. The van der Waals surface area contributed by atoms with Crippen molar-refractivity contribution < 1.29 is 27.4 Å². The van der Waals surface area contributed by atoms with Crippen LogP contribution in [-0.4, -0.2) is 19.3 Å². The van der Waals surface area contributed by atoms with E-state index < -0.39 is 11.7 Å². The molecule has 1 unspecified atom stereocenters. The lowest BCUT2D eigenvalue weighted by atomic mass is 9.91. The van der Waals surface area contributed by atoms with Crippen LogP contribution in [0.2, 0.25) is 0 Å². The second-order valence-corrected chi connectivity index (χ2v) is 7.50. The number of hydrogen-bond acceptors (Lipinski definition) is 4. The molecule has 0 spiro atoms. The van der Waals surface area contributed by atoms with Crippen LogP contribution in [0.25, 0.3) is 21.9 Å². The molecule has 4 nitrogen and oxygen atoms in total. The zero-order valence-corrected chi connectivity index (χ0v) is 17.7. The summed E-state index contributed by atoms with van der Waals surface area (Å²) in [5, 5.41) is 15.8. The Kier molecular flexibility index (Phi) is 5.50. The first kappa shape index (κ1) is 21.6. The first-order valence-corrected chi connectivity index (χ1v) is 10.0. The van der Waals surface area contributed by atoms with Crippen molar-refractivity contribution in [2.24, 2.45) is 0 Å². The number of methoxy groups -OCH3 is 1. The number of fused-ring (bicyclic) bond motifs is 1. The number of rotatable bonds is 5. The van der Waals surface area contributed by atoms with Crippen LogP contribution >= 0.6 is 0 Å². The number of benzene rings is 3. The molecule has 0 saturated heterocycles. The summed E-state index contributed by atoms with van der Waals surface area (Å²) in [6, 6.07) is 16.3. The Labute approximate surface area is 183 Å². The van der Waals surface area contributed by atoms with E-state index in [4.69, 9.17) is 9.15 Å². The maximum absolute atomic E-state index is 13.2. The second-order valence-electron chi connectivity index (χ2n) is 7.50. The van der Waals surface area contributed by atoms with E-state index in [2.05, 4.69) is 5.32 Å². The summed E-state index contributed by atoms with van der Waals surface area (Å²) in [7, 11) is 3.18. The van der Waals surface area contributed by atoms with E-state index in [-0.39, 0.29) is 34.4 Å². The van der Waals surface area contributed by atoms with Crippen LogP contribution in [0.3, 0.4) is 0 Å². The minimum Gasteiger partial charge on any atom is -0.504 e. The molecule has 0 aliphatic heterocycles. The highest BCUT2D eigenvalue weighted by atomic mass is 19.4. The Bertz CT molecular complexity index is 1280. The number of furan rings is 1. The van der Waals surface area contributed by atoms with Gasteiger partial charge < -0.3 is 19.6 Å². The number of hydrogen-bond donors (Lipinski definition) is 2. The van der Waals surface area contributed by atoms with Crippen LogP contribution in [0, 0.1) is 0 Å². The SMILES string of the molecule is CNc1oc(C(C)c2cccc3ccc(OC)cc23)c(O)c1-c1cccc(C(F)(F)F)c1. The van der Waals surface area contributed by atoms with Gasteiger partial charge in [0.2, 0.25) is 5.88 Å². The van der Waals surface area contributed by atoms with Crippen molar-refractivity contribution in [1.29, 1.82) is 0 Å². The summed E-state index contributed by atoms with van der Waals surface area (Å²) >= 11 is 0. The molecule has 4 rings (SSSR count). The Hall–Kier alpha value is -3.61. The average Bonchev–Trinajstić information content (AvgIpc) is 3.13. The van der Waals surface area contributed by atoms with Crippen molar-refractivity contribution >= 4 is 16.7 Å². The third-order valence-corrected chi connectivity index (χ3v) is 5.60. The Morgan fingerprint density at radius 3 is 2.47 bits per heavy atom. The maximum atomic E-state index is 13.2. The number of anilines is 1. The lowest BCUT2D eigenvalue weighted by molar-refractivity contribution is -0.137. The van der Waals surface area contributed by atoms with Crippen molar-refractivity contribution in [1.82, 2.24) is 0 Å². The average molecular weight is 441 g/mol. The van der Waals surface area contributed by atoms with E-state index in [0.717, 1.165) is 28.5 Å². The number of alkyl halides is 3. The van der Waals surface area contributed by atoms with Gasteiger partial charge >= 0.3 is 6.18 Å². The Morgan fingerprint density at radius 1 is 1.03 bits per heavy atom. The van der Waals surface area contributed by atoms with Crippen molar-refractivity contribution in [3.63, 3.8) is 0 Å². The molecule has 7 heteroatoms. The summed E-state index contributed by atoms with van der Waals surface area (Å²) in [6.45, 7) is 1.88. The Balaban J connectivity index is 1.85. The number of aromatic hydroxyl groups is 1. The zero-order valence-electron chi connectivity index (χ0n) is 17.7. The van der Waals surface area contributed by atoms with Gasteiger partial charge in [-0.05, 0) is 46.2 Å². The predicted octanol–water partition coefficient (Wildman–Crippen LogP) is 7.03. The molecule has 0 aliphatic rings. The van der Waals surface area contributed by atoms with Gasteiger partial charge in [-0.15, -0.1) is 0 Å². The van der Waals surface area contributed by atoms with Gasteiger partial charge in [0.05, 0.1) is 18.2 Å². The molecule has 0 amide bonds. The van der Waals surface area contributed by atoms with E-state index in [1.807, 2.05) is 43.3 Å². The molecule has 0 aliphatic carbocycles. The fourth-order valence-corrected chi connectivity index (χ4v) is 3.95. The molecule has 2 N–H and O–H groups in total. The van der Waals surface area contributed by atoms with Crippen LogP contribution in [0.5, 0.6) is 11.5 Å². The number of ether oxygens (including phenoxy) is 1. The summed E-state index contributed by atoms with van der Waals surface area (Å²) in [4.78, 5) is 0. The smallest absolute Gasteiger partial charge is 0.416 e. The minimum atomic E-state index is -4.49. The highest BCUT2D eigenvalue weighted by molar-refractivity contribution is 5.88. The summed E-state index contributed by atoms with van der Waals surface area (Å²) < 4.78 is 50.9. The summed E-state index contributed by atoms with van der Waals surface area (Å²) in [5.41, 5.74) is 0.499. The van der Waals surface area contributed by atoms with E-state index in [9.17, 15) is 18.3 Å². The molecule has 1 aromatic heterocycles. The van der Waals surface area contributed by atoms with Gasteiger partial charge in [0.25, 0.3) is 0 Å². The van der Waals surface area contributed by atoms with Gasteiger partial charge in [-0.1, -0.05) is 43.3 Å². The van der Waals surface area contributed by atoms with Crippen LogP contribution in [0.15, 0.2) is 65.1 Å². The molecular formula is C25H22F3NO3. The molecule has 0 fully saturated rings. The molecule has 1 heterocycles. The van der Waals surface area contributed by atoms with Crippen LogP contribution in [0.4, 0.5) is 19.1 Å². The first-order valence-electron chi connectivity index (χ1n) is 10.0. The molecule has 1 atom stereocenters. The van der Waals surface area contributed by atoms with Gasteiger partial charge in [-0.25, -0.2) is 0 Å². The fourth-order valence-electron chi connectivity index (χ4n) is 3.95. The normalized spacial score (nSPS) is 12.7. The number of nitrogens with one attached hydrogen (secondary N) is 1. The van der Waals surface area contributed by atoms with Crippen molar-refractivity contribution in [3.8, 4) is 22.6 Å². The number of halogens is 3. The highest BCUT2D eigenvalue weighted by Gasteiger charge is 2.32. The molecule has 3 aromatic carbocycles. The predicted molar refractivity (Wildman–Crippen MR) is 118 cm³/mol. The topological polar surface area (TPSA) is 54.6 Å². The van der Waals surface area contributed by atoms with Gasteiger partial charge in [-0.3, -0.25) is 0 Å². The van der Waals surface area contributed by atoms with Crippen molar-refractivity contribution in [2.75, 3.05) is 19.5 Å². The van der Waals surface area contributed by atoms with Gasteiger partial charge in [0, 0.05) is 13.0 Å². The lowest BCUT2D eigenvalue weighted by Gasteiger charge is -2.14. The first-order chi connectivity index (χ1) is 15.2. The van der Waals surface area contributed by atoms with E-state index in [0.29, 0.717) is 5.75 Å². The van der Waals surface area contributed by atoms with E-state index >= 15 is 0 Å². The van der Waals surface area contributed by atoms with Crippen molar-refractivity contribution in [3.05, 3.63) is 77.6 Å². The monoisotopic (exact) mass is 441 g/mol. The maximum Gasteiger partial charge on any atom is 0.416 e. The largest absolute Gasteiger partial charge is 0.504 e. The highest BCUT2D eigenvalue weighted by Crippen LogP contribution is 2.47. The second kappa shape index (κ2) is 8.15. The quantitative estimate of drug-likeness (QED) is 0.349. The third kappa shape index (κ3) is 3.75. The Morgan fingerprint density at radius 2 is 1.78 bits per heavy atom. The third-order valence-electron chi connectivity index (χ3n) is 5.60. The van der Waals surface area contributed by atoms with Crippen LogP contribution < -0.4 is 10.1 Å². The van der Waals surface area contributed by atoms with Gasteiger partial charge in [0.1, 0.15) is 5.75 Å². The lowest BCUT2D eigenvalue weighted by Crippen LogP contribution is -2.04. The van der Waals surface area contributed by atoms with Crippen LogP contribution in [-0.2, 0) is 6.18 Å². The minimum absolute atomic E-state index is 0.193. The molecule has 0 saturated carbocycles. The van der Waals surface area contributed by atoms with E-state index in [1.165, 1.54) is 12.1 Å². The molecular weight excluding hydrogens is 419 g/mol. The van der Waals surface area contributed by atoms with Gasteiger partial charge in [0.15, 0.2) is 11.5 Å². The summed E-state index contributed by atoms with van der Waals surface area (Å²) in [6.07, 6.45) is -4.49. The molecule has 32 heavy (non-hydrogen) atoms. The standard InChI is InChI=1S/C25H22F3NO3/c1-14(19-9-5-6-15-10-11-18(31-3)13-20(15)19)23-22(30)21(24(29-2)32-23)16-7-4-8-17(12-16)25(26,27)28/h4-14,29-30H,1-3H3. The fraction of sp³-hybridized carbons (Fsp3) is 0.200. The van der Waals surface area contributed by atoms with Gasteiger partial charge in [-0.2, -0.15) is 13.2 Å². The molecule has 166 valence electrons. The zero-order chi connectivity index (χ0) is 23.0. The molecule has 0 radical (unpaired) electrons. The molecule has 4 aromatic rings. The van der Waals surface area contributed by atoms with E-state index in [1.54, 1.807) is 14.2 Å². The molecule has 0 bridgehead atoms. The van der Waals surface area contributed by atoms with Crippen molar-refractivity contribution in [2.45, 2.75) is 19.0 Å².